The van der Waals surface area contributed by atoms with E-state index in [4.69, 9.17) is 4.74 Å². The summed E-state index contributed by atoms with van der Waals surface area (Å²) in [6.45, 7) is -2.93. The zero-order chi connectivity index (χ0) is 15.2. The molecule has 0 fully saturated rings. The molecule has 0 saturated heterocycles. The summed E-state index contributed by atoms with van der Waals surface area (Å²) in [5.74, 6) is -0.0114. The lowest BCUT2D eigenvalue weighted by Crippen LogP contribution is -2.13. The van der Waals surface area contributed by atoms with E-state index in [0.29, 0.717) is 11.4 Å². The lowest BCUT2D eigenvalue weighted by molar-refractivity contribution is -0.0498. The second-order valence-corrected chi connectivity index (χ2v) is 4.06. The molecule has 2 aromatic rings. The minimum atomic E-state index is -2.93. The van der Waals surface area contributed by atoms with Gasteiger partial charge in [0.1, 0.15) is 11.5 Å². The van der Waals surface area contributed by atoms with Crippen LogP contribution in [0.25, 0.3) is 0 Å². The average Bonchev–Trinajstić information content (AvgIpc) is 2.47. The van der Waals surface area contributed by atoms with Crippen molar-refractivity contribution >= 4 is 11.6 Å². The van der Waals surface area contributed by atoms with Crippen molar-refractivity contribution in [2.24, 2.45) is 0 Å². The molecule has 4 nitrogen and oxygen atoms in total. The molecule has 0 spiro atoms. The molecule has 2 rings (SSSR count). The number of carbonyl (C=O) groups excluding carboxylic acids is 1. The van der Waals surface area contributed by atoms with Gasteiger partial charge in [-0.05, 0) is 30.3 Å². The number of nitrogens with one attached hydrogen (secondary N) is 1. The molecular weight excluding hydrogens is 280 g/mol. The largest absolute Gasteiger partial charge is 0.495 e. The number of para-hydroxylation sites is 2. The lowest BCUT2D eigenvalue weighted by Gasteiger charge is -2.10. The molecule has 1 N–H and O–H groups in total. The van der Waals surface area contributed by atoms with Crippen LogP contribution in [0, 0.1) is 0 Å². The van der Waals surface area contributed by atoms with Gasteiger partial charge in [-0.3, -0.25) is 4.79 Å². The van der Waals surface area contributed by atoms with Crippen molar-refractivity contribution in [2.45, 2.75) is 6.61 Å². The monoisotopic (exact) mass is 293 g/mol. The molecule has 21 heavy (non-hydrogen) atoms. The molecule has 0 aliphatic carbocycles. The number of rotatable bonds is 5. The van der Waals surface area contributed by atoms with E-state index in [0.717, 1.165) is 0 Å². The lowest BCUT2D eigenvalue weighted by atomic mass is 10.2. The maximum absolute atomic E-state index is 12.2. The summed E-state index contributed by atoms with van der Waals surface area (Å²) >= 11 is 0. The third kappa shape index (κ3) is 3.92. The number of halogens is 2. The predicted molar refractivity (Wildman–Crippen MR) is 74.0 cm³/mol. The van der Waals surface area contributed by atoms with Gasteiger partial charge in [-0.25, -0.2) is 0 Å². The standard InChI is InChI=1S/C15H13F2NO3/c1-20-13-8-3-2-7-12(13)18-14(19)10-5-4-6-11(9-10)21-15(16)17/h2-9,15H,1H3,(H,18,19). The Morgan fingerprint density at radius 3 is 2.62 bits per heavy atom. The Hall–Kier alpha value is -2.63. The van der Waals surface area contributed by atoms with Crippen molar-refractivity contribution in [2.75, 3.05) is 12.4 Å². The average molecular weight is 293 g/mol. The van der Waals surface area contributed by atoms with Gasteiger partial charge in [-0.15, -0.1) is 0 Å². The number of hydrogen-bond donors (Lipinski definition) is 1. The van der Waals surface area contributed by atoms with Gasteiger partial charge in [0.05, 0.1) is 12.8 Å². The zero-order valence-corrected chi connectivity index (χ0v) is 11.2. The van der Waals surface area contributed by atoms with Gasteiger partial charge in [0.25, 0.3) is 5.91 Å². The number of hydrogen-bond acceptors (Lipinski definition) is 3. The number of benzene rings is 2. The number of alkyl halides is 2. The first-order valence-electron chi connectivity index (χ1n) is 6.09. The van der Waals surface area contributed by atoms with E-state index in [-0.39, 0.29) is 11.3 Å². The SMILES string of the molecule is COc1ccccc1NC(=O)c1cccc(OC(F)F)c1. The minimum Gasteiger partial charge on any atom is -0.495 e. The van der Waals surface area contributed by atoms with Crippen molar-refractivity contribution in [1.82, 2.24) is 0 Å². The maximum Gasteiger partial charge on any atom is 0.387 e. The van der Waals surface area contributed by atoms with Crippen molar-refractivity contribution in [3.8, 4) is 11.5 Å². The molecule has 0 heterocycles. The summed E-state index contributed by atoms with van der Waals surface area (Å²) < 4.78 is 33.7. The smallest absolute Gasteiger partial charge is 0.387 e. The molecule has 0 aromatic heterocycles. The Morgan fingerprint density at radius 2 is 1.90 bits per heavy atom. The fraction of sp³-hybridized carbons (Fsp3) is 0.133. The summed E-state index contributed by atoms with van der Waals surface area (Å²) in [6.07, 6.45) is 0. The topological polar surface area (TPSA) is 47.6 Å². The molecule has 0 atom stereocenters. The molecule has 110 valence electrons. The second kappa shape index (κ2) is 6.69. The number of anilines is 1. The Balaban J connectivity index is 2.16. The van der Waals surface area contributed by atoms with E-state index >= 15 is 0 Å². The third-order valence-corrected chi connectivity index (χ3v) is 2.68. The molecule has 0 radical (unpaired) electrons. The molecule has 0 aliphatic rings. The Kier molecular flexibility index (Phi) is 4.71. The van der Waals surface area contributed by atoms with Crippen LogP contribution in [0.5, 0.6) is 11.5 Å². The van der Waals surface area contributed by atoms with Crippen LogP contribution in [0.2, 0.25) is 0 Å². The van der Waals surface area contributed by atoms with Gasteiger partial charge in [-0.1, -0.05) is 18.2 Å². The van der Waals surface area contributed by atoms with Gasteiger partial charge in [-0.2, -0.15) is 8.78 Å². The molecule has 0 bridgehead atoms. The van der Waals surface area contributed by atoms with Crippen LogP contribution in [-0.4, -0.2) is 19.6 Å². The van der Waals surface area contributed by atoms with Gasteiger partial charge in [0, 0.05) is 5.56 Å². The van der Waals surface area contributed by atoms with Gasteiger partial charge in [0.15, 0.2) is 0 Å². The van der Waals surface area contributed by atoms with Crippen LogP contribution >= 0.6 is 0 Å². The molecule has 0 aliphatic heterocycles. The first kappa shape index (κ1) is 14.8. The highest BCUT2D eigenvalue weighted by Gasteiger charge is 2.11. The number of amides is 1. The molecule has 6 heteroatoms. The Morgan fingerprint density at radius 1 is 1.14 bits per heavy atom. The summed E-state index contributed by atoms with van der Waals surface area (Å²) in [5.41, 5.74) is 0.698. The van der Waals surface area contributed by atoms with Gasteiger partial charge >= 0.3 is 6.61 Å². The highest BCUT2D eigenvalue weighted by Crippen LogP contribution is 2.24. The van der Waals surface area contributed by atoms with E-state index < -0.39 is 12.5 Å². The van der Waals surface area contributed by atoms with Crippen LogP contribution in [-0.2, 0) is 0 Å². The second-order valence-electron chi connectivity index (χ2n) is 4.06. The van der Waals surface area contributed by atoms with Crippen LogP contribution in [0.3, 0.4) is 0 Å². The van der Waals surface area contributed by atoms with Gasteiger partial charge < -0.3 is 14.8 Å². The fourth-order valence-corrected chi connectivity index (χ4v) is 1.76. The van der Waals surface area contributed by atoms with Crippen molar-refractivity contribution < 1.29 is 23.0 Å². The van der Waals surface area contributed by atoms with E-state index in [2.05, 4.69) is 10.1 Å². The first-order chi connectivity index (χ1) is 10.1. The Bertz CT molecular complexity index is 632. The predicted octanol–water partition coefficient (Wildman–Crippen LogP) is 3.55. The molecule has 0 unspecified atom stereocenters. The fourth-order valence-electron chi connectivity index (χ4n) is 1.76. The van der Waals surface area contributed by atoms with Crippen LogP contribution in [0.15, 0.2) is 48.5 Å². The van der Waals surface area contributed by atoms with E-state index in [1.54, 1.807) is 24.3 Å². The molecule has 2 aromatic carbocycles. The summed E-state index contributed by atoms with van der Waals surface area (Å²) in [7, 11) is 1.49. The van der Waals surface area contributed by atoms with Crippen molar-refractivity contribution in [3.63, 3.8) is 0 Å². The maximum atomic E-state index is 12.2. The summed E-state index contributed by atoms with van der Waals surface area (Å²) in [6, 6.07) is 12.5. The molecule has 1 amide bonds. The number of carbonyl (C=O) groups is 1. The van der Waals surface area contributed by atoms with Crippen LogP contribution in [0.4, 0.5) is 14.5 Å². The van der Waals surface area contributed by atoms with Gasteiger partial charge in [0.2, 0.25) is 0 Å². The summed E-state index contributed by atoms with van der Waals surface area (Å²) in [5, 5.41) is 2.65. The van der Waals surface area contributed by atoms with E-state index in [1.165, 1.54) is 31.4 Å². The van der Waals surface area contributed by atoms with E-state index in [9.17, 15) is 13.6 Å². The van der Waals surface area contributed by atoms with Crippen molar-refractivity contribution in [3.05, 3.63) is 54.1 Å². The van der Waals surface area contributed by atoms with E-state index in [1.807, 2.05) is 0 Å². The van der Waals surface area contributed by atoms with Crippen molar-refractivity contribution in [1.29, 1.82) is 0 Å². The number of ether oxygens (including phenoxy) is 2. The zero-order valence-electron chi connectivity index (χ0n) is 11.2. The van der Waals surface area contributed by atoms with Crippen LogP contribution in [0.1, 0.15) is 10.4 Å². The highest BCUT2D eigenvalue weighted by molar-refractivity contribution is 6.05. The molecular formula is C15H13F2NO3. The highest BCUT2D eigenvalue weighted by atomic mass is 19.3. The quantitative estimate of drug-likeness (QED) is 0.917. The summed E-state index contributed by atoms with van der Waals surface area (Å²) in [4.78, 5) is 12.1. The minimum absolute atomic E-state index is 0.0716. The number of methoxy groups -OCH3 is 1. The molecule has 0 saturated carbocycles. The first-order valence-corrected chi connectivity index (χ1v) is 6.09. The normalized spacial score (nSPS) is 10.3. The third-order valence-electron chi connectivity index (χ3n) is 2.68. The Labute approximate surface area is 120 Å². The van der Waals surface area contributed by atoms with Crippen LogP contribution < -0.4 is 14.8 Å².